The van der Waals surface area contributed by atoms with Crippen LogP contribution in [-0.4, -0.2) is 62.2 Å². The van der Waals surface area contributed by atoms with Crippen molar-refractivity contribution in [2.24, 2.45) is 0 Å². The van der Waals surface area contributed by atoms with Gasteiger partial charge in [0.2, 0.25) is 5.95 Å². The third kappa shape index (κ3) is 5.27. The van der Waals surface area contributed by atoms with E-state index in [-0.39, 0.29) is 0 Å². The summed E-state index contributed by atoms with van der Waals surface area (Å²) < 4.78 is 0. The smallest absolute Gasteiger partial charge is 0.225 e. The SMILES string of the molecule is CN(CCN(C)c1ccc(N)cc1)CCN(C)c1ncc(N)cn1. The molecule has 0 amide bonds. The number of hydrogen-bond donors (Lipinski definition) is 2. The van der Waals surface area contributed by atoms with Crippen LogP contribution in [-0.2, 0) is 0 Å². The number of likely N-dealkylation sites (N-methyl/N-ethyl adjacent to an activating group) is 3. The van der Waals surface area contributed by atoms with E-state index < -0.39 is 0 Å². The molecule has 1 heterocycles. The number of anilines is 4. The number of nitrogens with zero attached hydrogens (tertiary/aromatic N) is 5. The molecule has 24 heavy (non-hydrogen) atoms. The number of benzene rings is 1. The molecule has 0 aliphatic carbocycles. The van der Waals surface area contributed by atoms with Gasteiger partial charge < -0.3 is 26.2 Å². The van der Waals surface area contributed by atoms with Crippen molar-refractivity contribution in [1.82, 2.24) is 14.9 Å². The van der Waals surface area contributed by atoms with Gasteiger partial charge in [0, 0.05) is 51.6 Å². The van der Waals surface area contributed by atoms with E-state index >= 15 is 0 Å². The van der Waals surface area contributed by atoms with Gasteiger partial charge in [0.25, 0.3) is 0 Å². The molecule has 2 rings (SSSR count). The Balaban J connectivity index is 1.73. The molecule has 0 atom stereocenters. The highest BCUT2D eigenvalue weighted by molar-refractivity contribution is 5.52. The van der Waals surface area contributed by atoms with E-state index in [1.165, 1.54) is 5.69 Å². The zero-order chi connectivity index (χ0) is 17.5. The Morgan fingerprint density at radius 3 is 1.88 bits per heavy atom. The molecule has 130 valence electrons. The molecule has 0 radical (unpaired) electrons. The molecule has 2 aromatic rings. The number of nitrogen functional groups attached to an aromatic ring is 2. The summed E-state index contributed by atoms with van der Waals surface area (Å²) in [6.07, 6.45) is 3.26. The predicted molar refractivity (Wildman–Crippen MR) is 101 cm³/mol. The lowest BCUT2D eigenvalue weighted by Gasteiger charge is -2.25. The van der Waals surface area contributed by atoms with Crippen molar-refractivity contribution >= 4 is 23.0 Å². The first-order valence-corrected chi connectivity index (χ1v) is 7.99. The molecule has 0 saturated heterocycles. The van der Waals surface area contributed by atoms with E-state index in [1.54, 1.807) is 12.4 Å². The summed E-state index contributed by atoms with van der Waals surface area (Å²) in [5.74, 6) is 0.691. The topological polar surface area (TPSA) is 87.5 Å². The van der Waals surface area contributed by atoms with Crippen molar-refractivity contribution in [2.45, 2.75) is 0 Å². The molecule has 1 aromatic heterocycles. The second-order valence-corrected chi connectivity index (χ2v) is 6.05. The van der Waals surface area contributed by atoms with Gasteiger partial charge in [0.1, 0.15) is 0 Å². The molecule has 0 aliphatic heterocycles. The van der Waals surface area contributed by atoms with Gasteiger partial charge in [0.15, 0.2) is 0 Å². The number of rotatable bonds is 8. The number of aromatic nitrogens is 2. The maximum atomic E-state index is 5.72. The van der Waals surface area contributed by atoms with Gasteiger partial charge in [-0.1, -0.05) is 0 Å². The van der Waals surface area contributed by atoms with Crippen molar-refractivity contribution in [3.8, 4) is 0 Å². The van der Waals surface area contributed by atoms with Crippen molar-refractivity contribution in [3.63, 3.8) is 0 Å². The minimum absolute atomic E-state index is 0.579. The molecule has 4 N–H and O–H groups in total. The lowest BCUT2D eigenvalue weighted by molar-refractivity contribution is 0.348. The molecule has 0 bridgehead atoms. The maximum absolute atomic E-state index is 5.72. The molecule has 0 fully saturated rings. The van der Waals surface area contributed by atoms with Gasteiger partial charge in [-0.05, 0) is 31.3 Å². The Hall–Kier alpha value is -2.54. The highest BCUT2D eigenvalue weighted by atomic mass is 15.3. The summed E-state index contributed by atoms with van der Waals surface area (Å²) in [6.45, 7) is 3.70. The first-order chi connectivity index (χ1) is 11.5. The standard InChI is InChI=1S/C17H27N7/c1-22(8-10-23(2)16-6-4-14(18)5-7-16)9-11-24(3)17-20-12-15(19)13-21-17/h4-7,12-13H,8-11,18-19H2,1-3H3. The van der Waals surface area contributed by atoms with Gasteiger partial charge in [-0.25, -0.2) is 9.97 Å². The molecule has 7 heteroatoms. The van der Waals surface area contributed by atoms with Crippen LogP contribution in [0.3, 0.4) is 0 Å². The van der Waals surface area contributed by atoms with Crippen molar-refractivity contribution in [1.29, 1.82) is 0 Å². The first-order valence-electron chi connectivity index (χ1n) is 7.99. The summed E-state index contributed by atoms with van der Waals surface area (Å²) in [5.41, 5.74) is 13.9. The Morgan fingerprint density at radius 1 is 0.750 bits per heavy atom. The van der Waals surface area contributed by atoms with Gasteiger partial charge in [0.05, 0.1) is 18.1 Å². The lowest BCUT2D eigenvalue weighted by atomic mass is 10.2. The van der Waals surface area contributed by atoms with Crippen LogP contribution in [0.5, 0.6) is 0 Å². The molecule has 0 saturated carbocycles. The van der Waals surface area contributed by atoms with E-state index in [9.17, 15) is 0 Å². The van der Waals surface area contributed by atoms with Crippen LogP contribution in [0.25, 0.3) is 0 Å². The van der Waals surface area contributed by atoms with Crippen molar-refractivity contribution in [3.05, 3.63) is 36.7 Å². The summed E-state index contributed by atoms with van der Waals surface area (Å²) in [4.78, 5) is 15.0. The highest BCUT2D eigenvalue weighted by Crippen LogP contribution is 2.14. The average Bonchev–Trinajstić information content (AvgIpc) is 2.58. The Kier molecular flexibility index (Phi) is 6.20. The largest absolute Gasteiger partial charge is 0.399 e. The normalized spacial score (nSPS) is 10.8. The summed E-state index contributed by atoms with van der Waals surface area (Å²) in [7, 11) is 6.20. The van der Waals surface area contributed by atoms with Crippen LogP contribution in [0.4, 0.5) is 23.0 Å². The van der Waals surface area contributed by atoms with E-state index in [1.807, 2.05) is 36.2 Å². The van der Waals surface area contributed by atoms with Gasteiger partial charge in [-0.2, -0.15) is 0 Å². The molecule has 0 aliphatic rings. The third-order valence-electron chi connectivity index (χ3n) is 3.97. The number of hydrogen-bond acceptors (Lipinski definition) is 7. The van der Waals surface area contributed by atoms with Crippen molar-refractivity contribution < 1.29 is 0 Å². The molecular weight excluding hydrogens is 302 g/mol. The van der Waals surface area contributed by atoms with E-state index in [2.05, 4.69) is 33.9 Å². The third-order valence-corrected chi connectivity index (χ3v) is 3.97. The predicted octanol–water partition coefficient (Wildman–Crippen LogP) is 1.15. The second kappa shape index (κ2) is 8.35. The molecule has 7 nitrogen and oxygen atoms in total. The fourth-order valence-corrected chi connectivity index (χ4v) is 2.24. The van der Waals surface area contributed by atoms with Crippen LogP contribution in [0.15, 0.2) is 36.7 Å². The quantitative estimate of drug-likeness (QED) is 0.702. The maximum Gasteiger partial charge on any atom is 0.225 e. The average molecular weight is 329 g/mol. The molecule has 0 unspecified atom stereocenters. The van der Waals surface area contributed by atoms with Crippen LogP contribution in [0.2, 0.25) is 0 Å². The summed E-state index contributed by atoms with van der Waals surface area (Å²) in [6, 6.07) is 7.94. The van der Waals surface area contributed by atoms with Gasteiger partial charge >= 0.3 is 0 Å². The first kappa shape index (κ1) is 17.8. The molecular formula is C17H27N7. The molecule has 1 aromatic carbocycles. The summed E-state index contributed by atoms with van der Waals surface area (Å²) in [5, 5.41) is 0. The zero-order valence-corrected chi connectivity index (χ0v) is 14.7. The monoisotopic (exact) mass is 329 g/mol. The van der Waals surface area contributed by atoms with Crippen LogP contribution < -0.4 is 21.3 Å². The summed E-state index contributed by atoms with van der Waals surface area (Å²) >= 11 is 0. The fraction of sp³-hybridized carbons (Fsp3) is 0.412. The highest BCUT2D eigenvalue weighted by Gasteiger charge is 2.07. The van der Waals surface area contributed by atoms with Crippen LogP contribution >= 0.6 is 0 Å². The van der Waals surface area contributed by atoms with Gasteiger partial charge in [-0.3, -0.25) is 0 Å². The minimum Gasteiger partial charge on any atom is -0.399 e. The second-order valence-electron chi connectivity index (χ2n) is 6.05. The zero-order valence-electron chi connectivity index (χ0n) is 14.7. The Labute approximate surface area is 143 Å². The Morgan fingerprint density at radius 2 is 1.29 bits per heavy atom. The lowest BCUT2D eigenvalue weighted by Crippen LogP contribution is -2.36. The molecule has 0 spiro atoms. The van der Waals surface area contributed by atoms with Gasteiger partial charge in [-0.15, -0.1) is 0 Å². The number of nitrogens with two attached hydrogens (primary N) is 2. The fourth-order valence-electron chi connectivity index (χ4n) is 2.24. The van der Waals surface area contributed by atoms with E-state index in [4.69, 9.17) is 11.5 Å². The Bertz CT molecular complexity index is 556. The van der Waals surface area contributed by atoms with Crippen LogP contribution in [0, 0.1) is 0 Å². The minimum atomic E-state index is 0.579. The van der Waals surface area contributed by atoms with E-state index in [0.717, 1.165) is 31.9 Å². The van der Waals surface area contributed by atoms with Crippen molar-refractivity contribution in [2.75, 3.05) is 68.6 Å². The van der Waals surface area contributed by atoms with Crippen LogP contribution in [0.1, 0.15) is 0 Å². The van der Waals surface area contributed by atoms with E-state index in [0.29, 0.717) is 11.6 Å².